The number of rotatable bonds is 3. The van der Waals surface area contributed by atoms with Crippen molar-refractivity contribution in [2.75, 3.05) is 25.4 Å². The van der Waals surface area contributed by atoms with Crippen LogP contribution >= 0.6 is 0 Å². The molecule has 110 valence electrons. The largest absolute Gasteiger partial charge is 0.491 e. The summed E-state index contributed by atoms with van der Waals surface area (Å²) in [5.41, 5.74) is 6.81. The van der Waals surface area contributed by atoms with Crippen LogP contribution in [0.3, 0.4) is 0 Å². The summed E-state index contributed by atoms with van der Waals surface area (Å²) in [5, 5.41) is 9.92. The molecular formula is C15H22N2O3. The van der Waals surface area contributed by atoms with Gasteiger partial charge in [-0.05, 0) is 31.4 Å². The molecule has 0 saturated carbocycles. The molecule has 2 atom stereocenters. The lowest BCUT2D eigenvalue weighted by atomic mass is 9.95. The van der Waals surface area contributed by atoms with E-state index in [1.54, 1.807) is 23.1 Å². The highest BCUT2D eigenvalue weighted by atomic mass is 16.5. The zero-order valence-corrected chi connectivity index (χ0v) is 12.0. The van der Waals surface area contributed by atoms with Crippen molar-refractivity contribution in [1.29, 1.82) is 0 Å². The number of carbonyl (C=O) groups excluding carboxylic acids is 1. The molecule has 5 heteroatoms. The van der Waals surface area contributed by atoms with E-state index in [-0.39, 0.29) is 11.8 Å². The zero-order valence-electron chi connectivity index (χ0n) is 12.0. The Bertz CT molecular complexity index is 490. The van der Waals surface area contributed by atoms with Crippen LogP contribution < -0.4 is 10.5 Å². The third-order valence-corrected chi connectivity index (χ3v) is 3.77. The highest BCUT2D eigenvalue weighted by Gasteiger charge is 2.29. The molecular weight excluding hydrogens is 256 g/mol. The molecule has 1 aliphatic rings. The minimum atomic E-state index is -0.468. The van der Waals surface area contributed by atoms with Crippen LogP contribution in [0.2, 0.25) is 0 Å². The Morgan fingerprint density at radius 2 is 2.30 bits per heavy atom. The fourth-order valence-electron chi connectivity index (χ4n) is 2.43. The number of piperidine rings is 1. The minimum absolute atomic E-state index is 0.133. The number of amides is 1. The molecule has 20 heavy (non-hydrogen) atoms. The third-order valence-electron chi connectivity index (χ3n) is 3.77. The second-order valence-corrected chi connectivity index (χ2v) is 5.24. The number of para-hydroxylation sites is 1. The molecule has 0 bridgehead atoms. The van der Waals surface area contributed by atoms with Crippen LogP contribution in [0.25, 0.3) is 0 Å². The lowest BCUT2D eigenvalue weighted by molar-refractivity contribution is 0.0246. The Morgan fingerprint density at radius 1 is 1.55 bits per heavy atom. The number of ether oxygens (including phenoxy) is 1. The first kappa shape index (κ1) is 14.7. The summed E-state index contributed by atoms with van der Waals surface area (Å²) >= 11 is 0. The number of aliphatic hydroxyl groups excluding tert-OH is 1. The third kappa shape index (κ3) is 2.88. The van der Waals surface area contributed by atoms with Crippen molar-refractivity contribution in [2.24, 2.45) is 5.92 Å². The van der Waals surface area contributed by atoms with Crippen LogP contribution in [0.4, 0.5) is 5.69 Å². The first-order valence-electron chi connectivity index (χ1n) is 7.03. The van der Waals surface area contributed by atoms with Crippen molar-refractivity contribution >= 4 is 11.6 Å². The molecule has 0 spiro atoms. The Hall–Kier alpha value is -1.75. The Labute approximate surface area is 119 Å². The number of hydrogen-bond donors (Lipinski definition) is 2. The number of nitrogens with two attached hydrogens (primary N) is 1. The number of β-amino-alcohol motifs (C(OH)–C–C–N with tert-alkyl or cyclic N) is 1. The number of benzene rings is 1. The second-order valence-electron chi connectivity index (χ2n) is 5.24. The molecule has 1 aliphatic heterocycles. The number of likely N-dealkylation sites (tertiary alicyclic amines) is 1. The Balaban J connectivity index is 2.23. The molecule has 2 rings (SSSR count). The van der Waals surface area contributed by atoms with Crippen molar-refractivity contribution in [3.05, 3.63) is 23.8 Å². The summed E-state index contributed by atoms with van der Waals surface area (Å²) in [7, 11) is 0. The molecule has 1 heterocycles. The lowest BCUT2D eigenvalue weighted by Gasteiger charge is -2.34. The molecule has 1 aromatic rings. The van der Waals surface area contributed by atoms with Crippen molar-refractivity contribution in [3.8, 4) is 5.75 Å². The van der Waals surface area contributed by atoms with Crippen molar-refractivity contribution in [2.45, 2.75) is 26.4 Å². The van der Waals surface area contributed by atoms with E-state index in [1.807, 2.05) is 13.8 Å². The molecule has 1 fully saturated rings. The van der Waals surface area contributed by atoms with Gasteiger partial charge < -0.3 is 20.5 Å². The van der Waals surface area contributed by atoms with Gasteiger partial charge in [-0.15, -0.1) is 0 Å². The fraction of sp³-hybridized carbons (Fsp3) is 0.533. The van der Waals surface area contributed by atoms with E-state index in [4.69, 9.17) is 10.5 Å². The SMILES string of the molecule is CCOc1c(N)cccc1C(=O)N1CCC(C)C(O)C1. The quantitative estimate of drug-likeness (QED) is 0.822. The first-order valence-corrected chi connectivity index (χ1v) is 7.03. The Morgan fingerprint density at radius 3 is 2.95 bits per heavy atom. The summed E-state index contributed by atoms with van der Waals surface area (Å²) in [6, 6.07) is 5.18. The summed E-state index contributed by atoms with van der Waals surface area (Å²) in [6.45, 7) is 5.32. The number of aliphatic hydroxyl groups is 1. The van der Waals surface area contributed by atoms with Crippen molar-refractivity contribution in [3.63, 3.8) is 0 Å². The highest BCUT2D eigenvalue weighted by molar-refractivity contribution is 5.98. The van der Waals surface area contributed by atoms with E-state index in [2.05, 4.69) is 0 Å². The van der Waals surface area contributed by atoms with Crippen LogP contribution in [-0.4, -0.2) is 41.7 Å². The summed E-state index contributed by atoms with van der Waals surface area (Å²) < 4.78 is 5.49. The fourth-order valence-corrected chi connectivity index (χ4v) is 2.43. The average Bonchev–Trinajstić information content (AvgIpc) is 2.43. The molecule has 0 aliphatic carbocycles. The van der Waals surface area contributed by atoms with Gasteiger partial charge >= 0.3 is 0 Å². The number of nitrogens with zero attached hydrogens (tertiary/aromatic N) is 1. The number of anilines is 1. The number of carbonyl (C=O) groups is 1. The first-order chi connectivity index (χ1) is 9.54. The molecule has 3 N–H and O–H groups in total. The summed E-state index contributed by atoms with van der Waals surface area (Å²) in [4.78, 5) is 14.2. The molecule has 0 aromatic heterocycles. The predicted octanol–water partition coefficient (Wildman–Crippen LogP) is 1.51. The number of nitrogen functional groups attached to an aromatic ring is 1. The maximum absolute atomic E-state index is 12.6. The van der Waals surface area contributed by atoms with E-state index in [1.165, 1.54) is 0 Å². The van der Waals surface area contributed by atoms with Crippen LogP contribution in [0.5, 0.6) is 5.75 Å². The van der Waals surface area contributed by atoms with E-state index >= 15 is 0 Å². The molecule has 2 unspecified atom stereocenters. The normalized spacial score (nSPS) is 22.6. The van der Waals surface area contributed by atoms with Crippen LogP contribution in [0.1, 0.15) is 30.6 Å². The average molecular weight is 278 g/mol. The maximum atomic E-state index is 12.6. The van der Waals surface area contributed by atoms with Gasteiger partial charge in [-0.25, -0.2) is 0 Å². The zero-order chi connectivity index (χ0) is 14.7. The topological polar surface area (TPSA) is 75.8 Å². The van der Waals surface area contributed by atoms with Crippen LogP contribution in [0, 0.1) is 5.92 Å². The standard InChI is InChI=1S/C15H22N2O3/c1-3-20-14-11(5-4-6-12(14)16)15(19)17-8-7-10(2)13(18)9-17/h4-6,10,13,18H,3,7-9,16H2,1-2H3. The van der Waals surface area contributed by atoms with Gasteiger partial charge in [-0.3, -0.25) is 4.79 Å². The predicted molar refractivity (Wildman–Crippen MR) is 77.7 cm³/mol. The van der Waals surface area contributed by atoms with Gasteiger partial charge in [0.25, 0.3) is 5.91 Å². The van der Waals surface area contributed by atoms with Gasteiger partial charge in [0, 0.05) is 13.1 Å². The van der Waals surface area contributed by atoms with Gasteiger partial charge in [-0.2, -0.15) is 0 Å². The number of hydrogen-bond acceptors (Lipinski definition) is 4. The lowest BCUT2D eigenvalue weighted by Crippen LogP contribution is -2.45. The van der Waals surface area contributed by atoms with Gasteiger partial charge in [-0.1, -0.05) is 13.0 Å². The molecule has 0 radical (unpaired) electrons. The van der Waals surface area contributed by atoms with Gasteiger partial charge in [0.15, 0.2) is 5.75 Å². The molecule has 5 nitrogen and oxygen atoms in total. The summed E-state index contributed by atoms with van der Waals surface area (Å²) in [6.07, 6.45) is 0.337. The molecule has 1 amide bonds. The Kier molecular flexibility index (Phi) is 4.49. The van der Waals surface area contributed by atoms with Gasteiger partial charge in [0.2, 0.25) is 0 Å². The van der Waals surface area contributed by atoms with Crippen molar-refractivity contribution < 1.29 is 14.6 Å². The maximum Gasteiger partial charge on any atom is 0.257 e. The monoisotopic (exact) mass is 278 g/mol. The van der Waals surface area contributed by atoms with E-state index < -0.39 is 6.10 Å². The van der Waals surface area contributed by atoms with E-state index in [0.717, 1.165) is 6.42 Å². The van der Waals surface area contributed by atoms with Crippen LogP contribution in [-0.2, 0) is 0 Å². The molecule has 1 saturated heterocycles. The highest BCUT2D eigenvalue weighted by Crippen LogP contribution is 2.29. The second kappa shape index (κ2) is 6.13. The smallest absolute Gasteiger partial charge is 0.257 e. The van der Waals surface area contributed by atoms with E-state index in [9.17, 15) is 9.90 Å². The summed E-state index contributed by atoms with van der Waals surface area (Å²) in [5.74, 6) is 0.533. The molecule has 1 aromatic carbocycles. The van der Waals surface area contributed by atoms with Crippen molar-refractivity contribution in [1.82, 2.24) is 4.90 Å². The van der Waals surface area contributed by atoms with Gasteiger partial charge in [0.05, 0.1) is 24.0 Å². The minimum Gasteiger partial charge on any atom is -0.491 e. The van der Waals surface area contributed by atoms with Crippen LogP contribution in [0.15, 0.2) is 18.2 Å². The van der Waals surface area contributed by atoms with Gasteiger partial charge in [0.1, 0.15) is 0 Å². The van der Waals surface area contributed by atoms with E-state index in [0.29, 0.717) is 36.7 Å².